The molecule has 0 aliphatic rings. The fourth-order valence-corrected chi connectivity index (χ4v) is 2.74. The molecule has 0 aliphatic carbocycles. The molecule has 0 spiro atoms. The summed E-state index contributed by atoms with van der Waals surface area (Å²) >= 11 is 0. The Kier molecular flexibility index (Phi) is 6.13. The molecule has 0 aliphatic heterocycles. The van der Waals surface area contributed by atoms with Crippen molar-refractivity contribution in [3.8, 4) is 17.2 Å². The summed E-state index contributed by atoms with van der Waals surface area (Å²) in [7, 11) is 1.50. The number of carbonyl (C=O) groups is 2. The van der Waals surface area contributed by atoms with Gasteiger partial charge in [0.25, 0.3) is 11.8 Å². The molecule has 0 atom stereocenters. The van der Waals surface area contributed by atoms with E-state index in [0.717, 1.165) is 11.4 Å². The summed E-state index contributed by atoms with van der Waals surface area (Å²) in [4.78, 5) is 24.6. The molecule has 0 fully saturated rings. The van der Waals surface area contributed by atoms with E-state index in [1.807, 2.05) is 19.9 Å². The number of carbonyl (C=O) groups excluding carboxylic acids is 2. The van der Waals surface area contributed by atoms with E-state index in [0.29, 0.717) is 29.2 Å². The molecule has 8 nitrogen and oxygen atoms in total. The molecule has 0 saturated heterocycles. The molecular weight excluding hydrogens is 372 g/mol. The minimum absolute atomic E-state index is 0.329. The molecule has 1 heterocycles. The van der Waals surface area contributed by atoms with Gasteiger partial charge in [-0.1, -0.05) is 0 Å². The SMILES string of the molecule is CCOc1ccc(C(=O)NNC(=O)c2ccc(-n3nccc3C)cc2)cc1OC. The van der Waals surface area contributed by atoms with Gasteiger partial charge >= 0.3 is 0 Å². The molecule has 8 heteroatoms. The summed E-state index contributed by atoms with van der Waals surface area (Å²) in [6, 6.07) is 13.6. The predicted octanol–water partition coefficient (Wildman–Crippen LogP) is 2.66. The summed E-state index contributed by atoms with van der Waals surface area (Å²) in [6.45, 7) is 4.29. The van der Waals surface area contributed by atoms with Crippen LogP contribution in [0.5, 0.6) is 11.5 Å². The third-order valence-corrected chi connectivity index (χ3v) is 4.22. The van der Waals surface area contributed by atoms with E-state index < -0.39 is 11.8 Å². The van der Waals surface area contributed by atoms with Gasteiger partial charge in [0.1, 0.15) is 0 Å². The fourth-order valence-electron chi connectivity index (χ4n) is 2.74. The van der Waals surface area contributed by atoms with Crippen LogP contribution in [0.15, 0.2) is 54.7 Å². The summed E-state index contributed by atoms with van der Waals surface area (Å²) in [6.07, 6.45) is 1.71. The van der Waals surface area contributed by atoms with E-state index in [1.165, 1.54) is 7.11 Å². The maximum Gasteiger partial charge on any atom is 0.269 e. The average molecular weight is 394 g/mol. The molecule has 0 bridgehead atoms. The highest BCUT2D eigenvalue weighted by atomic mass is 16.5. The third-order valence-electron chi connectivity index (χ3n) is 4.22. The summed E-state index contributed by atoms with van der Waals surface area (Å²) < 4.78 is 12.4. The average Bonchev–Trinajstić information content (AvgIpc) is 3.18. The lowest BCUT2D eigenvalue weighted by atomic mass is 10.2. The molecule has 3 rings (SSSR count). The Bertz CT molecular complexity index is 1010. The highest BCUT2D eigenvalue weighted by molar-refractivity contribution is 5.99. The van der Waals surface area contributed by atoms with Crippen LogP contribution in [0.25, 0.3) is 5.69 Å². The number of benzene rings is 2. The van der Waals surface area contributed by atoms with Crippen LogP contribution >= 0.6 is 0 Å². The highest BCUT2D eigenvalue weighted by Gasteiger charge is 2.13. The zero-order valence-corrected chi connectivity index (χ0v) is 16.4. The van der Waals surface area contributed by atoms with Crippen molar-refractivity contribution in [3.63, 3.8) is 0 Å². The Morgan fingerprint density at radius 1 is 0.966 bits per heavy atom. The molecule has 2 N–H and O–H groups in total. The predicted molar refractivity (Wildman–Crippen MR) is 107 cm³/mol. The van der Waals surface area contributed by atoms with Gasteiger partial charge < -0.3 is 9.47 Å². The lowest BCUT2D eigenvalue weighted by Crippen LogP contribution is -2.41. The second kappa shape index (κ2) is 8.92. The van der Waals surface area contributed by atoms with Crippen LogP contribution in [0.2, 0.25) is 0 Å². The molecule has 150 valence electrons. The number of hydrogen-bond donors (Lipinski definition) is 2. The lowest BCUT2D eigenvalue weighted by Gasteiger charge is -2.12. The summed E-state index contributed by atoms with van der Waals surface area (Å²) in [5.74, 6) is 0.0851. The van der Waals surface area contributed by atoms with Gasteiger partial charge in [0.05, 0.1) is 19.4 Å². The van der Waals surface area contributed by atoms with Crippen molar-refractivity contribution in [2.75, 3.05) is 13.7 Å². The first kappa shape index (κ1) is 19.9. The molecule has 0 radical (unpaired) electrons. The Morgan fingerprint density at radius 2 is 1.62 bits per heavy atom. The monoisotopic (exact) mass is 394 g/mol. The molecule has 2 aromatic carbocycles. The number of rotatable bonds is 6. The van der Waals surface area contributed by atoms with E-state index in [9.17, 15) is 9.59 Å². The molecular formula is C21H22N4O4. The van der Waals surface area contributed by atoms with E-state index >= 15 is 0 Å². The lowest BCUT2D eigenvalue weighted by molar-refractivity contribution is 0.0846. The maximum atomic E-state index is 12.3. The number of nitrogens with zero attached hydrogens (tertiary/aromatic N) is 2. The van der Waals surface area contributed by atoms with E-state index in [4.69, 9.17) is 9.47 Å². The van der Waals surface area contributed by atoms with Gasteiger partial charge in [-0.3, -0.25) is 20.4 Å². The van der Waals surface area contributed by atoms with Crippen molar-refractivity contribution in [3.05, 3.63) is 71.5 Å². The van der Waals surface area contributed by atoms with Crippen LogP contribution in [0.4, 0.5) is 0 Å². The molecule has 3 aromatic rings. The number of ether oxygens (including phenoxy) is 2. The fraction of sp³-hybridized carbons (Fsp3) is 0.190. The summed E-state index contributed by atoms with van der Waals surface area (Å²) in [5.41, 5.74) is 7.37. The molecule has 0 saturated carbocycles. The number of aromatic nitrogens is 2. The number of hydrogen-bond acceptors (Lipinski definition) is 5. The van der Waals surface area contributed by atoms with E-state index in [2.05, 4.69) is 16.0 Å². The van der Waals surface area contributed by atoms with E-state index in [-0.39, 0.29) is 0 Å². The maximum absolute atomic E-state index is 12.3. The highest BCUT2D eigenvalue weighted by Crippen LogP contribution is 2.27. The van der Waals surface area contributed by atoms with Crippen molar-refractivity contribution in [1.82, 2.24) is 20.6 Å². The Labute approximate surface area is 168 Å². The number of methoxy groups -OCH3 is 1. The topological polar surface area (TPSA) is 94.5 Å². The molecule has 0 unspecified atom stereocenters. The Balaban J connectivity index is 1.63. The standard InChI is InChI=1S/C21H22N4O4/c1-4-29-18-10-7-16(13-19(18)28-3)21(27)24-23-20(26)15-5-8-17(9-6-15)25-14(2)11-12-22-25/h5-13H,4H2,1-3H3,(H,23,26)(H,24,27). The van der Waals surface area contributed by atoms with Crippen LogP contribution in [0.1, 0.15) is 33.3 Å². The number of amides is 2. The van der Waals surface area contributed by atoms with Crippen molar-refractivity contribution in [1.29, 1.82) is 0 Å². The third kappa shape index (κ3) is 4.55. The quantitative estimate of drug-likeness (QED) is 0.627. The zero-order valence-electron chi connectivity index (χ0n) is 16.4. The second-order valence-corrected chi connectivity index (χ2v) is 6.14. The van der Waals surface area contributed by atoms with Crippen LogP contribution in [-0.4, -0.2) is 35.3 Å². The largest absolute Gasteiger partial charge is 0.493 e. The second-order valence-electron chi connectivity index (χ2n) is 6.14. The Morgan fingerprint density at radius 3 is 2.21 bits per heavy atom. The van der Waals surface area contributed by atoms with Gasteiger partial charge in [0.15, 0.2) is 11.5 Å². The van der Waals surface area contributed by atoms with Gasteiger partial charge in [-0.15, -0.1) is 0 Å². The first-order chi connectivity index (χ1) is 14.0. The van der Waals surface area contributed by atoms with Crippen molar-refractivity contribution in [2.45, 2.75) is 13.8 Å². The van der Waals surface area contributed by atoms with Crippen LogP contribution in [0.3, 0.4) is 0 Å². The molecule has 2 amide bonds. The minimum atomic E-state index is -0.469. The van der Waals surface area contributed by atoms with Gasteiger partial charge in [-0.05, 0) is 62.4 Å². The van der Waals surface area contributed by atoms with Gasteiger partial charge in [-0.2, -0.15) is 5.10 Å². The smallest absolute Gasteiger partial charge is 0.269 e. The molecule has 29 heavy (non-hydrogen) atoms. The first-order valence-corrected chi connectivity index (χ1v) is 9.06. The summed E-state index contributed by atoms with van der Waals surface area (Å²) in [5, 5.41) is 4.23. The van der Waals surface area contributed by atoms with Gasteiger partial charge in [0.2, 0.25) is 0 Å². The van der Waals surface area contributed by atoms with Crippen LogP contribution < -0.4 is 20.3 Å². The number of hydrazine groups is 1. The molecule has 1 aromatic heterocycles. The van der Waals surface area contributed by atoms with Crippen LogP contribution in [0, 0.1) is 6.92 Å². The Hall–Kier alpha value is -3.81. The minimum Gasteiger partial charge on any atom is -0.493 e. The number of nitrogens with one attached hydrogen (secondary N) is 2. The zero-order chi connectivity index (χ0) is 20.8. The number of aryl methyl sites for hydroxylation is 1. The van der Waals surface area contributed by atoms with Crippen molar-refractivity contribution < 1.29 is 19.1 Å². The van der Waals surface area contributed by atoms with Gasteiger partial charge in [-0.25, -0.2) is 4.68 Å². The van der Waals surface area contributed by atoms with Gasteiger partial charge in [0, 0.05) is 23.0 Å². The van der Waals surface area contributed by atoms with E-state index in [1.54, 1.807) is 53.3 Å². The van der Waals surface area contributed by atoms with Crippen LogP contribution in [-0.2, 0) is 0 Å². The van der Waals surface area contributed by atoms with Crippen molar-refractivity contribution >= 4 is 11.8 Å². The first-order valence-electron chi connectivity index (χ1n) is 9.06. The van der Waals surface area contributed by atoms with Crippen molar-refractivity contribution in [2.24, 2.45) is 0 Å². The normalized spacial score (nSPS) is 10.3.